The molecule has 10 heavy (non-hydrogen) atoms. The van der Waals surface area contributed by atoms with Crippen LogP contribution in [-0.2, 0) is 0 Å². The van der Waals surface area contributed by atoms with E-state index in [9.17, 15) is 0 Å². The number of nitrogens with zero attached hydrogens (tertiary/aromatic N) is 1. The van der Waals surface area contributed by atoms with Crippen molar-refractivity contribution in [3.63, 3.8) is 0 Å². The average molecular weight is 139 g/mol. The van der Waals surface area contributed by atoms with Crippen molar-refractivity contribution < 1.29 is 0 Å². The third-order valence-corrected chi connectivity index (χ3v) is 1.12. The van der Waals surface area contributed by atoms with Crippen LogP contribution in [0.4, 0.5) is 0 Å². The molecule has 0 amide bonds. The standard InChI is InChI=1S/C7H13N3/c1-4-10-6(3)7(9)5(2)8/h4,8H,9H2,1-3H3/b7-6+,8-5?,10-4-. The van der Waals surface area contributed by atoms with Crippen LogP contribution in [0.25, 0.3) is 0 Å². The Morgan fingerprint density at radius 1 is 1.50 bits per heavy atom. The zero-order chi connectivity index (χ0) is 8.15. The van der Waals surface area contributed by atoms with E-state index in [1.165, 1.54) is 0 Å². The van der Waals surface area contributed by atoms with Crippen LogP contribution >= 0.6 is 0 Å². The fraction of sp³-hybridized carbons (Fsp3) is 0.429. The maximum Gasteiger partial charge on any atom is 0.0738 e. The molecule has 0 aliphatic rings. The molecule has 0 aliphatic carbocycles. The second-order valence-electron chi connectivity index (χ2n) is 2.01. The lowest BCUT2D eigenvalue weighted by Crippen LogP contribution is -2.08. The first-order valence-electron chi connectivity index (χ1n) is 3.10. The Bertz CT molecular complexity index is 189. The molecule has 0 aromatic heterocycles. The van der Waals surface area contributed by atoms with Gasteiger partial charge in [-0.25, -0.2) is 0 Å². The van der Waals surface area contributed by atoms with Crippen molar-refractivity contribution in [1.82, 2.24) is 0 Å². The fourth-order valence-electron chi connectivity index (χ4n) is 0.535. The summed E-state index contributed by atoms with van der Waals surface area (Å²) in [4.78, 5) is 3.93. The van der Waals surface area contributed by atoms with Gasteiger partial charge >= 0.3 is 0 Å². The van der Waals surface area contributed by atoms with E-state index >= 15 is 0 Å². The van der Waals surface area contributed by atoms with Gasteiger partial charge in [-0.2, -0.15) is 0 Å². The highest BCUT2D eigenvalue weighted by Crippen LogP contribution is 1.99. The van der Waals surface area contributed by atoms with Gasteiger partial charge in [0.05, 0.1) is 17.1 Å². The number of hydrogen-bond donors (Lipinski definition) is 2. The van der Waals surface area contributed by atoms with Crippen molar-refractivity contribution in [3.05, 3.63) is 11.4 Å². The van der Waals surface area contributed by atoms with Gasteiger partial charge in [-0.3, -0.25) is 4.99 Å². The summed E-state index contributed by atoms with van der Waals surface area (Å²) in [5.74, 6) is 0. The first kappa shape index (κ1) is 8.88. The molecule has 3 heteroatoms. The van der Waals surface area contributed by atoms with Crippen LogP contribution in [-0.4, -0.2) is 11.9 Å². The number of rotatable bonds is 2. The molecule has 0 radical (unpaired) electrons. The number of hydrogen-bond acceptors (Lipinski definition) is 3. The largest absolute Gasteiger partial charge is 0.396 e. The zero-order valence-electron chi connectivity index (χ0n) is 6.60. The van der Waals surface area contributed by atoms with Crippen molar-refractivity contribution >= 4 is 11.9 Å². The summed E-state index contributed by atoms with van der Waals surface area (Å²) < 4.78 is 0. The van der Waals surface area contributed by atoms with Crippen LogP contribution in [0.5, 0.6) is 0 Å². The van der Waals surface area contributed by atoms with Crippen LogP contribution in [0.15, 0.2) is 16.4 Å². The number of aliphatic imine (C=N–C) groups is 1. The second kappa shape index (κ2) is 3.82. The van der Waals surface area contributed by atoms with Crippen molar-refractivity contribution in [3.8, 4) is 0 Å². The summed E-state index contributed by atoms with van der Waals surface area (Å²) in [6.45, 7) is 5.24. The van der Waals surface area contributed by atoms with Gasteiger partial charge < -0.3 is 11.1 Å². The van der Waals surface area contributed by atoms with Crippen LogP contribution in [0.2, 0.25) is 0 Å². The lowest BCUT2D eigenvalue weighted by Gasteiger charge is -1.98. The molecule has 56 valence electrons. The van der Waals surface area contributed by atoms with Gasteiger partial charge in [-0.1, -0.05) is 0 Å². The van der Waals surface area contributed by atoms with Crippen molar-refractivity contribution in [2.45, 2.75) is 20.8 Å². The van der Waals surface area contributed by atoms with Gasteiger partial charge in [0.1, 0.15) is 0 Å². The molecular weight excluding hydrogens is 126 g/mol. The number of allylic oxidation sites excluding steroid dienone is 2. The fourth-order valence-corrected chi connectivity index (χ4v) is 0.535. The van der Waals surface area contributed by atoms with Gasteiger partial charge in [0.25, 0.3) is 0 Å². The summed E-state index contributed by atoms with van der Waals surface area (Å²) in [7, 11) is 0. The van der Waals surface area contributed by atoms with E-state index in [0.717, 1.165) is 0 Å². The van der Waals surface area contributed by atoms with Crippen LogP contribution in [0.3, 0.4) is 0 Å². The molecule has 0 aromatic rings. The minimum absolute atomic E-state index is 0.364. The zero-order valence-corrected chi connectivity index (χ0v) is 6.60. The quantitative estimate of drug-likeness (QED) is 0.556. The van der Waals surface area contributed by atoms with E-state index in [1.54, 1.807) is 20.1 Å². The monoisotopic (exact) mass is 139 g/mol. The summed E-state index contributed by atoms with van der Waals surface area (Å²) in [5, 5.41) is 7.15. The molecule has 0 spiro atoms. The molecule has 0 atom stereocenters. The second-order valence-corrected chi connectivity index (χ2v) is 2.01. The van der Waals surface area contributed by atoms with Crippen molar-refractivity contribution in [2.75, 3.05) is 0 Å². The summed E-state index contributed by atoms with van der Waals surface area (Å²) >= 11 is 0. The molecule has 3 N–H and O–H groups in total. The van der Waals surface area contributed by atoms with Crippen molar-refractivity contribution in [1.29, 1.82) is 5.41 Å². The van der Waals surface area contributed by atoms with Gasteiger partial charge in [0.2, 0.25) is 0 Å². The molecule has 0 saturated heterocycles. The summed E-state index contributed by atoms with van der Waals surface area (Å²) in [5.41, 5.74) is 7.01. The maximum atomic E-state index is 7.15. The van der Waals surface area contributed by atoms with Gasteiger partial charge in [0.15, 0.2) is 0 Å². The van der Waals surface area contributed by atoms with Gasteiger partial charge in [-0.05, 0) is 20.8 Å². The van der Waals surface area contributed by atoms with E-state index < -0.39 is 0 Å². The average Bonchev–Trinajstić information content (AvgIpc) is 1.87. The molecule has 0 fully saturated rings. The SMILES string of the molecule is C/C=N\C(C)=C(\N)C(C)=N. The minimum atomic E-state index is 0.364. The Balaban J connectivity index is 4.50. The van der Waals surface area contributed by atoms with E-state index in [4.69, 9.17) is 11.1 Å². The molecule has 0 heterocycles. The Morgan fingerprint density at radius 2 is 2.00 bits per heavy atom. The topological polar surface area (TPSA) is 62.2 Å². The van der Waals surface area contributed by atoms with Crippen LogP contribution in [0.1, 0.15) is 20.8 Å². The van der Waals surface area contributed by atoms with Gasteiger partial charge in [0, 0.05) is 6.21 Å². The third-order valence-electron chi connectivity index (χ3n) is 1.12. The number of nitrogens with one attached hydrogen (secondary N) is 1. The van der Waals surface area contributed by atoms with Crippen LogP contribution < -0.4 is 5.73 Å². The summed E-state index contributed by atoms with van der Waals surface area (Å²) in [6.07, 6.45) is 1.66. The predicted octanol–water partition coefficient (Wildman–Crippen LogP) is 1.31. The summed E-state index contributed by atoms with van der Waals surface area (Å²) in [6, 6.07) is 0. The Morgan fingerprint density at radius 3 is 2.30 bits per heavy atom. The Hall–Kier alpha value is -1.12. The van der Waals surface area contributed by atoms with E-state index in [1.807, 2.05) is 6.92 Å². The first-order chi connectivity index (χ1) is 4.59. The highest BCUT2D eigenvalue weighted by atomic mass is 14.8. The Labute approximate surface area is 61.2 Å². The normalized spacial score (nSPS) is 13.5. The van der Waals surface area contributed by atoms with E-state index in [-0.39, 0.29) is 0 Å². The highest BCUT2D eigenvalue weighted by Gasteiger charge is 1.95. The smallest absolute Gasteiger partial charge is 0.0738 e. The van der Waals surface area contributed by atoms with E-state index in [2.05, 4.69) is 4.99 Å². The molecule has 0 aromatic carbocycles. The van der Waals surface area contributed by atoms with Crippen LogP contribution in [0, 0.1) is 5.41 Å². The number of nitrogens with two attached hydrogens (primary N) is 1. The predicted molar refractivity (Wildman–Crippen MR) is 44.5 cm³/mol. The molecular formula is C7H13N3. The molecule has 0 aliphatic heterocycles. The first-order valence-corrected chi connectivity index (χ1v) is 3.10. The van der Waals surface area contributed by atoms with Crippen molar-refractivity contribution in [2.24, 2.45) is 10.7 Å². The molecule has 0 saturated carbocycles. The molecule has 0 unspecified atom stereocenters. The molecule has 0 bridgehead atoms. The molecule has 0 rings (SSSR count). The van der Waals surface area contributed by atoms with E-state index in [0.29, 0.717) is 17.1 Å². The lowest BCUT2D eigenvalue weighted by molar-refractivity contribution is 1.21. The van der Waals surface area contributed by atoms with Gasteiger partial charge in [-0.15, -0.1) is 0 Å². The minimum Gasteiger partial charge on any atom is -0.396 e. The maximum absolute atomic E-state index is 7.15. The highest BCUT2D eigenvalue weighted by molar-refractivity contribution is 5.95. The lowest BCUT2D eigenvalue weighted by atomic mass is 10.2. The Kier molecular flexibility index (Phi) is 3.39. The third kappa shape index (κ3) is 2.44. The molecule has 3 nitrogen and oxygen atoms in total.